The number of nitrogens with one attached hydrogen (secondary N) is 1. The van der Waals surface area contributed by atoms with E-state index < -0.39 is 0 Å². The Morgan fingerprint density at radius 2 is 2.20 bits per heavy atom. The van der Waals surface area contributed by atoms with Crippen LogP contribution in [0, 0.1) is 0 Å². The Morgan fingerprint density at radius 1 is 1.35 bits per heavy atom. The summed E-state index contributed by atoms with van der Waals surface area (Å²) in [6.07, 6.45) is 0. The lowest BCUT2D eigenvalue weighted by molar-refractivity contribution is 0.0940. The quantitative estimate of drug-likeness (QED) is 0.800. The Bertz CT molecular complexity index is 720. The third kappa shape index (κ3) is 2.55. The first kappa shape index (κ1) is 12.8. The SMILES string of the molecule is C[C@@H](Cn1nnc2ccccc21)NC(=O)c1cccs1. The number of carbonyl (C=O) groups is 1. The highest BCUT2D eigenvalue weighted by Crippen LogP contribution is 2.11. The molecule has 0 unspecified atom stereocenters. The molecule has 0 saturated carbocycles. The molecule has 5 nitrogen and oxygen atoms in total. The van der Waals surface area contributed by atoms with Crippen molar-refractivity contribution in [2.45, 2.75) is 19.5 Å². The summed E-state index contributed by atoms with van der Waals surface area (Å²) in [7, 11) is 0. The lowest BCUT2D eigenvalue weighted by atomic mass is 10.3. The molecule has 3 aromatic rings. The van der Waals surface area contributed by atoms with Crippen molar-refractivity contribution < 1.29 is 4.79 Å². The first-order valence-electron chi connectivity index (χ1n) is 6.36. The standard InChI is InChI=1S/C14H14N4OS/c1-10(15-14(19)13-7-4-8-20-13)9-18-12-6-3-2-5-11(12)16-17-18/h2-8,10H,9H2,1H3,(H,15,19)/t10-/m0/s1. The van der Waals surface area contributed by atoms with Crippen LogP contribution in [0.1, 0.15) is 16.6 Å². The Hall–Kier alpha value is -2.21. The number of hydrogen-bond donors (Lipinski definition) is 1. The van der Waals surface area contributed by atoms with Crippen molar-refractivity contribution in [3.8, 4) is 0 Å². The molecule has 2 aromatic heterocycles. The Morgan fingerprint density at radius 3 is 3.00 bits per heavy atom. The predicted octanol–water partition coefficient (Wildman–Crippen LogP) is 2.31. The lowest BCUT2D eigenvalue weighted by Gasteiger charge is -2.13. The topological polar surface area (TPSA) is 59.8 Å². The van der Waals surface area contributed by atoms with Crippen LogP contribution >= 0.6 is 11.3 Å². The first-order chi connectivity index (χ1) is 9.74. The maximum atomic E-state index is 12.0. The average molecular weight is 286 g/mol. The molecule has 0 radical (unpaired) electrons. The molecular formula is C14H14N4OS. The number of nitrogens with zero attached hydrogens (tertiary/aromatic N) is 3. The summed E-state index contributed by atoms with van der Waals surface area (Å²) in [4.78, 5) is 12.7. The van der Waals surface area contributed by atoms with Gasteiger partial charge in [0.25, 0.3) is 5.91 Å². The lowest BCUT2D eigenvalue weighted by Crippen LogP contribution is -2.35. The minimum Gasteiger partial charge on any atom is -0.347 e. The summed E-state index contributed by atoms with van der Waals surface area (Å²) in [5, 5.41) is 13.1. The van der Waals surface area contributed by atoms with Gasteiger partial charge < -0.3 is 5.32 Å². The number of para-hydroxylation sites is 1. The van der Waals surface area contributed by atoms with E-state index in [-0.39, 0.29) is 11.9 Å². The van der Waals surface area contributed by atoms with Gasteiger partial charge in [-0.2, -0.15) is 0 Å². The molecule has 3 rings (SSSR count). The van der Waals surface area contributed by atoms with E-state index in [2.05, 4.69) is 15.6 Å². The largest absolute Gasteiger partial charge is 0.347 e. The molecule has 0 fully saturated rings. The van der Waals surface area contributed by atoms with Crippen LogP contribution < -0.4 is 5.32 Å². The van der Waals surface area contributed by atoms with Crippen LogP contribution in [0.2, 0.25) is 0 Å². The molecular weight excluding hydrogens is 272 g/mol. The monoisotopic (exact) mass is 286 g/mol. The number of amides is 1. The van der Waals surface area contributed by atoms with Gasteiger partial charge in [-0.15, -0.1) is 16.4 Å². The molecule has 0 spiro atoms. The minimum absolute atomic E-state index is 0.0188. The molecule has 102 valence electrons. The fraction of sp³-hybridized carbons (Fsp3) is 0.214. The third-order valence-electron chi connectivity index (χ3n) is 2.99. The number of fused-ring (bicyclic) bond motifs is 1. The number of rotatable bonds is 4. The zero-order chi connectivity index (χ0) is 13.9. The molecule has 0 aliphatic carbocycles. The van der Waals surface area contributed by atoms with Gasteiger partial charge in [0, 0.05) is 6.04 Å². The van der Waals surface area contributed by atoms with Gasteiger partial charge in [0.05, 0.1) is 16.9 Å². The second kappa shape index (κ2) is 5.42. The first-order valence-corrected chi connectivity index (χ1v) is 7.24. The number of hydrogen-bond acceptors (Lipinski definition) is 4. The van der Waals surface area contributed by atoms with Gasteiger partial charge in [-0.3, -0.25) is 4.79 Å². The molecule has 1 N–H and O–H groups in total. The summed E-state index contributed by atoms with van der Waals surface area (Å²) >= 11 is 1.44. The highest BCUT2D eigenvalue weighted by Gasteiger charge is 2.12. The van der Waals surface area contributed by atoms with Crippen molar-refractivity contribution in [3.05, 3.63) is 46.7 Å². The van der Waals surface area contributed by atoms with Crippen molar-refractivity contribution in [3.63, 3.8) is 0 Å². The van der Waals surface area contributed by atoms with Crippen molar-refractivity contribution >= 4 is 28.3 Å². The number of aromatic nitrogens is 3. The highest BCUT2D eigenvalue weighted by atomic mass is 32.1. The fourth-order valence-corrected chi connectivity index (χ4v) is 2.69. The van der Waals surface area contributed by atoms with Crippen LogP contribution in [0.3, 0.4) is 0 Å². The second-order valence-corrected chi connectivity index (χ2v) is 5.56. The number of thiophene rings is 1. The summed E-state index contributed by atoms with van der Waals surface area (Å²) in [6, 6.07) is 11.5. The highest BCUT2D eigenvalue weighted by molar-refractivity contribution is 7.12. The molecule has 0 aliphatic heterocycles. The predicted molar refractivity (Wildman–Crippen MR) is 78.8 cm³/mol. The zero-order valence-corrected chi connectivity index (χ0v) is 11.8. The fourth-order valence-electron chi connectivity index (χ4n) is 2.06. The van der Waals surface area contributed by atoms with Crippen LogP contribution in [-0.2, 0) is 6.54 Å². The molecule has 0 saturated heterocycles. The van der Waals surface area contributed by atoms with E-state index in [4.69, 9.17) is 0 Å². The van der Waals surface area contributed by atoms with E-state index in [0.29, 0.717) is 6.54 Å². The van der Waals surface area contributed by atoms with Gasteiger partial charge in [0.15, 0.2) is 0 Å². The summed E-state index contributed by atoms with van der Waals surface area (Å²) in [5.41, 5.74) is 1.84. The molecule has 0 bridgehead atoms. The van der Waals surface area contributed by atoms with Gasteiger partial charge in [-0.25, -0.2) is 4.68 Å². The Balaban J connectivity index is 1.70. The molecule has 20 heavy (non-hydrogen) atoms. The smallest absolute Gasteiger partial charge is 0.261 e. The van der Waals surface area contributed by atoms with Gasteiger partial charge in [0.2, 0.25) is 0 Å². The number of carbonyl (C=O) groups excluding carboxylic acids is 1. The van der Waals surface area contributed by atoms with Crippen molar-refractivity contribution in [1.29, 1.82) is 0 Å². The maximum Gasteiger partial charge on any atom is 0.261 e. The maximum absolute atomic E-state index is 12.0. The summed E-state index contributed by atoms with van der Waals surface area (Å²) in [5.74, 6) is -0.0445. The van der Waals surface area contributed by atoms with Crippen molar-refractivity contribution in [2.75, 3.05) is 0 Å². The molecule has 1 amide bonds. The average Bonchev–Trinajstić information content (AvgIpc) is 3.09. The van der Waals surface area contributed by atoms with Crippen LogP contribution in [0.15, 0.2) is 41.8 Å². The summed E-state index contributed by atoms with van der Waals surface area (Å²) in [6.45, 7) is 2.56. The van der Waals surface area contributed by atoms with E-state index in [9.17, 15) is 4.79 Å². The molecule has 1 atom stereocenters. The molecule has 2 heterocycles. The number of benzene rings is 1. The van der Waals surface area contributed by atoms with Crippen LogP contribution in [0.4, 0.5) is 0 Å². The zero-order valence-electron chi connectivity index (χ0n) is 11.0. The normalized spacial score (nSPS) is 12.4. The van der Waals surface area contributed by atoms with Gasteiger partial charge in [0.1, 0.15) is 5.52 Å². The molecule has 6 heteroatoms. The van der Waals surface area contributed by atoms with Crippen LogP contribution in [0.5, 0.6) is 0 Å². The van der Waals surface area contributed by atoms with Crippen molar-refractivity contribution in [2.24, 2.45) is 0 Å². The van der Waals surface area contributed by atoms with E-state index in [1.807, 2.05) is 53.4 Å². The summed E-state index contributed by atoms with van der Waals surface area (Å²) < 4.78 is 1.81. The minimum atomic E-state index is -0.0445. The third-order valence-corrected chi connectivity index (χ3v) is 3.86. The van der Waals surface area contributed by atoms with Crippen LogP contribution in [-0.4, -0.2) is 26.9 Å². The van der Waals surface area contributed by atoms with Gasteiger partial charge in [-0.05, 0) is 30.5 Å². The van der Waals surface area contributed by atoms with Crippen molar-refractivity contribution in [1.82, 2.24) is 20.3 Å². The van der Waals surface area contributed by atoms with Crippen LogP contribution in [0.25, 0.3) is 11.0 Å². The Kier molecular flexibility index (Phi) is 3.47. The molecule has 1 aromatic carbocycles. The van der Waals surface area contributed by atoms with Gasteiger partial charge in [-0.1, -0.05) is 23.4 Å². The van der Waals surface area contributed by atoms with E-state index in [1.165, 1.54) is 11.3 Å². The van der Waals surface area contributed by atoms with E-state index in [1.54, 1.807) is 0 Å². The van der Waals surface area contributed by atoms with E-state index >= 15 is 0 Å². The second-order valence-electron chi connectivity index (χ2n) is 4.61. The van der Waals surface area contributed by atoms with Gasteiger partial charge >= 0.3 is 0 Å². The Labute approximate surface area is 120 Å². The molecule has 0 aliphatic rings. The van der Waals surface area contributed by atoms with E-state index in [0.717, 1.165) is 15.9 Å².